The van der Waals surface area contributed by atoms with Crippen molar-refractivity contribution in [3.63, 3.8) is 0 Å². The molecule has 0 bridgehead atoms. The molecule has 0 saturated carbocycles. The second kappa shape index (κ2) is 5.71. The number of nitrogens with one attached hydrogen (secondary N) is 1. The van der Waals surface area contributed by atoms with Crippen LogP contribution in [0, 0.1) is 0 Å². The lowest BCUT2D eigenvalue weighted by Gasteiger charge is -2.11. The van der Waals surface area contributed by atoms with Crippen molar-refractivity contribution in [3.8, 4) is 5.75 Å². The second-order valence-corrected chi connectivity index (χ2v) is 5.63. The fourth-order valence-corrected chi connectivity index (χ4v) is 3.45. The van der Waals surface area contributed by atoms with Crippen LogP contribution < -0.4 is 10.1 Å². The van der Waals surface area contributed by atoms with E-state index < -0.39 is 0 Å². The molecular formula is C15H17N3OS. The van der Waals surface area contributed by atoms with E-state index in [-0.39, 0.29) is 0 Å². The summed E-state index contributed by atoms with van der Waals surface area (Å²) in [6.07, 6.45) is 0.691. The molecule has 1 aliphatic heterocycles. The van der Waals surface area contributed by atoms with Gasteiger partial charge in [0, 0.05) is 36.1 Å². The van der Waals surface area contributed by atoms with Gasteiger partial charge < -0.3 is 10.1 Å². The van der Waals surface area contributed by atoms with Crippen molar-refractivity contribution in [3.05, 3.63) is 46.9 Å². The summed E-state index contributed by atoms with van der Waals surface area (Å²) in [6, 6.07) is 8.02. The Morgan fingerprint density at radius 1 is 1.25 bits per heavy atom. The van der Waals surface area contributed by atoms with Gasteiger partial charge in [-0.15, -0.1) is 0 Å². The van der Waals surface area contributed by atoms with Crippen LogP contribution in [0.5, 0.6) is 5.75 Å². The molecule has 0 radical (unpaired) electrons. The Kier molecular flexibility index (Phi) is 3.78. The highest BCUT2D eigenvalue weighted by atomic mass is 32.2. The third-order valence-corrected chi connectivity index (χ3v) is 4.37. The fourth-order valence-electron chi connectivity index (χ4n) is 2.41. The van der Waals surface area contributed by atoms with Gasteiger partial charge in [-0.1, -0.05) is 18.2 Å². The monoisotopic (exact) mass is 287 g/mol. The van der Waals surface area contributed by atoms with Gasteiger partial charge in [-0.2, -0.15) is 11.8 Å². The van der Waals surface area contributed by atoms with Crippen LogP contribution in [0.25, 0.3) is 0 Å². The Balaban J connectivity index is 1.95. The number of rotatable bonds is 4. The SMILES string of the molecule is CNc1nc(Cc2ccccc2OC)nc2c1CSC2. The highest BCUT2D eigenvalue weighted by Crippen LogP contribution is 2.33. The number of thioether (sulfide) groups is 1. The predicted molar refractivity (Wildman–Crippen MR) is 82.4 cm³/mol. The van der Waals surface area contributed by atoms with Gasteiger partial charge in [-0.25, -0.2) is 9.97 Å². The normalized spacial score (nSPS) is 13.1. The lowest BCUT2D eigenvalue weighted by atomic mass is 10.1. The van der Waals surface area contributed by atoms with Crippen molar-refractivity contribution >= 4 is 17.6 Å². The van der Waals surface area contributed by atoms with E-state index in [9.17, 15) is 0 Å². The van der Waals surface area contributed by atoms with Crippen molar-refractivity contribution in [2.45, 2.75) is 17.9 Å². The first-order valence-electron chi connectivity index (χ1n) is 6.58. The molecule has 0 amide bonds. The molecule has 1 aromatic carbocycles. The van der Waals surface area contributed by atoms with Crippen LogP contribution in [0.1, 0.15) is 22.6 Å². The van der Waals surface area contributed by atoms with Crippen molar-refractivity contribution in [1.82, 2.24) is 9.97 Å². The highest BCUT2D eigenvalue weighted by Gasteiger charge is 2.19. The maximum absolute atomic E-state index is 5.39. The third kappa shape index (κ3) is 2.45. The Morgan fingerprint density at radius 2 is 2.10 bits per heavy atom. The number of fused-ring (bicyclic) bond motifs is 1. The molecule has 20 heavy (non-hydrogen) atoms. The molecule has 1 N–H and O–H groups in total. The quantitative estimate of drug-likeness (QED) is 0.937. The summed E-state index contributed by atoms with van der Waals surface area (Å²) < 4.78 is 5.39. The van der Waals surface area contributed by atoms with E-state index in [1.54, 1.807) is 7.11 Å². The minimum Gasteiger partial charge on any atom is -0.496 e. The maximum atomic E-state index is 5.39. The second-order valence-electron chi connectivity index (χ2n) is 4.65. The zero-order valence-corrected chi connectivity index (χ0v) is 12.5. The van der Waals surface area contributed by atoms with Crippen molar-refractivity contribution in [1.29, 1.82) is 0 Å². The zero-order chi connectivity index (χ0) is 13.9. The summed E-state index contributed by atoms with van der Waals surface area (Å²) in [6.45, 7) is 0. The molecule has 2 aromatic rings. The highest BCUT2D eigenvalue weighted by molar-refractivity contribution is 7.98. The number of ether oxygens (including phenoxy) is 1. The summed E-state index contributed by atoms with van der Waals surface area (Å²) in [7, 11) is 3.61. The molecule has 0 atom stereocenters. The summed E-state index contributed by atoms with van der Waals surface area (Å²) in [4.78, 5) is 9.35. The molecule has 0 fully saturated rings. The van der Waals surface area contributed by atoms with Crippen LogP contribution >= 0.6 is 11.8 Å². The average Bonchev–Trinajstić information content (AvgIpc) is 2.95. The van der Waals surface area contributed by atoms with Gasteiger partial charge in [0.1, 0.15) is 17.4 Å². The van der Waals surface area contributed by atoms with E-state index in [1.165, 1.54) is 11.3 Å². The van der Waals surface area contributed by atoms with E-state index in [2.05, 4.69) is 16.4 Å². The standard InChI is InChI=1S/C15H17N3OS/c1-16-15-11-8-20-9-12(11)17-14(18-15)7-10-5-3-4-6-13(10)19-2/h3-6H,7-9H2,1-2H3,(H,16,17,18). The number of methoxy groups -OCH3 is 1. The average molecular weight is 287 g/mol. The number of aromatic nitrogens is 2. The predicted octanol–water partition coefficient (Wildman–Crippen LogP) is 2.86. The largest absolute Gasteiger partial charge is 0.496 e. The minimum atomic E-state index is 0.691. The van der Waals surface area contributed by atoms with Crippen molar-refractivity contribution in [2.24, 2.45) is 0 Å². The number of hydrogen-bond donors (Lipinski definition) is 1. The van der Waals surface area contributed by atoms with Crippen LogP contribution in [-0.2, 0) is 17.9 Å². The van der Waals surface area contributed by atoms with Crippen LogP contribution in [0.15, 0.2) is 24.3 Å². The first-order chi connectivity index (χ1) is 9.81. The summed E-state index contributed by atoms with van der Waals surface area (Å²) in [5.41, 5.74) is 3.53. The molecule has 0 saturated heterocycles. The molecule has 104 valence electrons. The molecule has 2 heterocycles. The van der Waals surface area contributed by atoms with Crippen LogP contribution in [0.3, 0.4) is 0 Å². The van der Waals surface area contributed by atoms with E-state index in [1.807, 2.05) is 37.0 Å². The lowest BCUT2D eigenvalue weighted by Crippen LogP contribution is -2.07. The summed E-state index contributed by atoms with van der Waals surface area (Å²) in [5, 5.41) is 3.19. The Morgan fingerprint density at radius 3 is 2.90 bits per heavy atom. The van der Waals surface area contributed by atoms with E-state index >= 15 is 0 Å². The number of nitrogens with zero attached hydrogens (tertiary/aromatic N) is 2. The molecule has 4 nitrogen and oxygen atoms in total. The minimum absolute atomic E-state index is 0.691. The number of hydrogen-bond acceptors (Lipinski definition) is 5. The molecule has 5 heteroatoms. The molecule has 1 aromatic heterocycles. The molecule has 0 spiro atoms. The molecule has 0 aliphatic carbocycles. The first-order valence-corrected chi connectivity index (χ1v) is 7.73. The van der Waals surface area contributed by atoms with E-state index in [0.29, 0.717) is 6.42 Å². The molecule has 1 aliphatic rings. The molecular weight excluding hydrogens is 270 g/mol. The van der Waals surface area contributed by atoms with Gasteiger partial charge in [0.05, 0.1) is 12.8 Å². The Bertz CT molecular complexity index is 631. The van der Waals surface area contributed by atoms with Gasteiger partial charge in [0.2, 0.25) is 0 Å². The number of anilines is 1. The third-order valence-electron chi connectivity index (χ3n) is 3.40. The smallest absolute Gasteiger partial charge is 0.135 e. The van der Waals surface area contributed by atoms with Crippen LogP contribution in [0.2, 0.25) is 0 Å². The van der Waals surface area contributed by atoms with Crippen molar-refractivity contribution in [2.75, 3.05) is 19.5 Å². The molecule has 3 rings (SSSR count). The number of para-hydroxylation sites is 1. The fraction of sp³-hybridized carbons (Fsp3) is 0.333. The Labute approximate surface area is 123 Å². The Hall–Kier alpha value is -1.75. The summed E-state index contributed by atoms with van der Waals surface area (Å²) in [5.74, 6) is 4.67. The molecule has 0 unspecified atom stereocenters. The van der Waals surface area contributed by atoms with Crippen LogP contribution in [0.4, 0.5) is 5.82 Å². The lowest BCUT2D eigenvalue weighted by molar-refractivity contribution is 0.410. The topological polar surface area (TPSA) is 47.0 Å². The maximum Gasteiger partial charge on any atom is 0.135 e. The van der Waals surface area contributed by atoms with E-state index in [4.69, 9.17) is 9.72 Å². The van der Waals surface area contributed by atoms with E-state index in [0.717, 1.165) is 34.5 Å². The first kappa shape index (κ1) is 13.2. The van der Waals surface area contributed by atoms with Gasteiger partial charge in [0.15, 0.2) is 0 Å². The van der Waals surface area contributed by atoms with Crippen LogP contribution in [-0.4, -0.2) is 24.1 Å². The zero-order valence-electron chi connectivity index (χ0n) is 11.6. The van der Waals surface area contributed by atoms with Gasteiger partial charge in [0.25, 0.3) is 0 Å². The van der Waals surface area contributed by atoms with Gasteiger partial charge >= 0.3 is 0 Å². The van der Waals surface area contributed by atoms with Gasteiger partial charge in [-0.3, -0.25) is 0 Å². The number of benzene rings is 1. The summed E-state index contributed by atoms with van der Waals surface area (Å²) >= 11 is 1.89. The van der Waals surface area contributed by atoms with Gasteiger partial charge in [-0.05, 0) is 6.07 Å². The van der Waals surface area contributed by atoms with Crippen molar-refractivity contribution < 1.29 is 4.74 Å².